The summed E-state index contributed by atoms with van der Waals surface area (Å²) < 4.78 is 0. The van der Waals surface area contributed by atoms with Crippen LogP contribution in [0.5, 0.6) is 0 Å². The second-order valence-electron chi connectivity index (χ2n) is 10.5. The molecule has 1 aromatic rings. The average Bonchev–Trinajstić information content (AvgIpc) is 3.54. The van der Waals surface area contributed by atoms with Crippen molar-refractivity contribution < 1.29 is 14.4 Å². The van der Waals surface area contributed by atoms with Gasteiger partial charge in [0.05, 0.1) is 11.8 Å². The Balaban J connectivity index is 1.12. The molecule has 0 unspecified atom stereocenters. The highest BCUT2D eigenvalue weighted by molar-refractivity contribution is 6.06. The zero-order chi connectivity index (χ0) is 21.4. The van der Waals surface area contributed by atoms with Crippen LogP contribution in [0, 0.1) is 55.3 Å². The number of benzene rings is 1. The van der Waals surface area contributed by atoms with E-state index in [-0.39, 0.29) is 53.4 Å². The molecule has 5 nitrogen and oxygen atoms in total. The van der Waals surface area contributed by atoms with Crippen LogP contribution in [0.3, 0.4) is 0 Å². The van der Waals surface area contributed by atoms with Crippen LogP contribution in [0.25, 0.3) is 0 Å². The number of carbonyl (C=O) groups is 3. The number of hydrogen-bond donors (Lipinski definition) is 1. The molecule has 162 valence electrons. The molecule has 7 rings (SSSR count). The molecule has 0 aromatic heterocycles. The number of aryl methyl sites for hydroxylation is 2. The highest BCUT2D eigenvalue weighted by atomic mass is 16.2. The molecular formula is C26H30N2O3. The van der Waals surface area contributed by atoms with E-state index in [1.54, 1.807) is 4.90 Å². The largest absolute Gasteiger partial charge is 0.325 e. The van der Waals surface area contributed by atoms with Gasteiger partial charge in [-0.25, -0.2) is 0 Å². The summed E-state index contributed by atoms with van der Waals surface area (Å²) in [4.78, 5) is 41.2. The lowest BCUT2D eigenvalue weighted by molar-refractivity contribution is -0.144. The molecule has 3 amide bonds. The number of amides is 3. The number of hydrogen-bond acceptors (Lipinski definition) is 3. The standard InChI is InChI=1S/C26H30N2O3/c1-13-4-3-5-14(2)23(13)27-24(29)15-6-8-16(9-7-15)28-25(30)21-17-10-11-18(20-12-19(17)20)22(21)26(28)31/h3-5,10-11,15-22H,6-9,12H2,1-2H3,(H,27,29)/t15?,16?,17-,18-,19-,20-,21-,22+/m0/s1. The fourth-order valence-electron chi connectivity index (χ4n) is 7.17. The van der Waals surface area contributed by atoms with Crippen LogP contribution >= 0.6 is 0 Å². The number of likely N-dealkylation sites (tertiary alicyclic amines) is 1. The second-order valence-corrected chi connectivity index (χ2v) is 10.5. The Kier molecular flexibility index (Phi) is 4.22. The van der Waals surface area contributed by atoms with E-state index >= 15 is 0 Å². The van der Waals surface area contributed by atoms with E-state index in [0.29, 0.717) is 11.8 Å². The van der Waals surface area contributed by atoms with Crippen molar-refractivity contribution in [3.63, 3.8) is 0 Å². The third-order valence-electron chi connectivity index (χ3n) is 8.86. The fraction of sp³-hybridized carbons (Fsp3) is 0.577. The Morgan fingerprint density at radius 3 is 2.00 bits per heavy atom. The first-order chi connectivity index (χ1) is 15.0. The minimum atomic E-state index is -0.115. The van der Waals surface area contributed by atoms with Gasteiger partial charge < -0.3 is 5.32 Å². The number of allylic oxidation sites excluding steroid dienone is 2. The maximum Gasteiger partial charge on any atom is 0.233 e. The lowest BCUT2D eigenvalue weighted by Crippen LogP contribution is -2.44. The molecule has 1 heterocycles. The van der Waals surface area contributed by atoms with Crippen molar-refractivity contribution in [2.45, 2.75) is 52.0 Å². The number of carbonyl (C=O) groups excluding carboxylic acids is 3. The molecule has 6 aliphatic rings. The molecule has 0 radical (unpaired) electrons. The third-order valence-corrected chi connectivity index (χ3v) is 8.86. The summed E-state index contributed by atoms with van der Waals surface area (Å²) in [6.07, 6.45) is 8.56. The summed E-state index contributed by atoms with van der Waals surface area (Å²) in [5.41, 5.74) is 3.04. The Morgan fingerprint density at radius 1 is 0.903 bits per heavy atom. The second kappa shape index (κ2) is 6.78. The third kappa shape index (κ3) is 2.78. The van der Waals surface area contributed by atoms with E-state index in [4.69, 9.17) is 0 Å². The molecule has 31 heavy (non-hydrogen) atoms. The monoisotopic (exact) mass is 418 g/mol. The van der Waals surface area contributed by atoms with Crippen molar-refractivity contribution in [1.82, 2.24) is 4.90 Å². The van der Waals surface area contributed by atoms with Crippen molar-refractivity contribution in [2.75, 3.05) is 5.32 Å². The minimum Gasteiger partial charge on any atom is -0.325 e. The Morgan fingerprint density at radius 2 is 1.45 bits per heavy atom. The summed E-state index contributed by atoms with van der Waals surface area (Å²) >= 11 is 0. The SMILES string of the molecule is Cc1cccc(C)c1NC(=O)C1CCC(N2C(=O)[C@@H]3[C@H]4C=C[C@@H]([C@@H]5C[C@@H]45)[C@@H]3C2=O)CC1. The van der Waals surface area contributed by atoms with E-state index in [2.05, 4.69) is 17.5 Å². The quantitative estimate of drug-likeness (QED) is 0.599. The Hall–Kier alpha value is -2.43. The van der Waals surface area contributed by atoms with Crippen LogP contribution in [-0.2, 0) is 14.4 Å². The van der Waals surface area contributed by atoms with Gasteiger partial charge in [0.1, 0.15) is 0 Å². The first kappa shape index (κ1) is 19.3. The van der Waals surface area contributed by atoms with E-state index in [1.165, 1.54) is 6.42 Å². The van der Waals surface area contributed by atoms with Gasteiger partial charge in [0.2, 0.25) is 17.7 Å². The zero-order valence-corrected chi connectivity index (χ0v) is 18.2. The summed E-state index contributed by atoms with van der Waals surface area (Å²) in [5.74, 6) is 1.75. The van der Waals surface area contributed by atoms with Gasteiger partial charge in [-0.1, -0.05) is 30.4 Å². The van der Waals surface area contributed by atoms with Crippen molar-refractivity contribution in [1.29, 1.82) is 0 Å². The summed E-state index contributed by atoms with van der Waals surface area (Å²) in [6.45, 7) is 4.02. The van der Waals surface area contributed by atoms with Crippen molar-refractivity contribution >= 4 is 23.4 Å². The number of imide groups is 1. The zero-order valence-electron chi connectivity index (χ0n) is 18.2. The maximum absolute atomic E-state index is 13.3. The lowest BCUT2D eigenvalue weighted by Gasteiger charge is -2.37. The average molecular weight is 419 g/mol. The van der Waals surface area contributed by atoms with Gasteiger partial charge in [0, 0.05) is 17.6 Å². The number of nitrogens with zero attached hydrogens (tertiary/aromatic N) is 1. The molecular weight excluding hydrogens is 388 g/mol. The molecule has 3 saturated carbocycles. The van der Waals surface area contributed by atoms with Crippen LogP contribution < -0.4 is 5.32 Å². The summed E-state index contributed by atoms with van der Waals surface area (Å²) in [7, 11) is 0. The maximum atomic E-state index is 13.3. The highest BCUT2D eigenvalue weighted by Crippen LogP contribution is 2.65. The molecule has 1 saturated heterocycles. The number of para-hydroxylation sites is 1. The lowest BCUT2D eigenvalue weighted by atomic mass is 9.63. The van der Waals surface area contributed by atoms with E-state index in [0.717, 1.165) is 42.5 Å². The van der Waals surface area contributed by atoms with Crippen LogP contribution in [0.15, 0.2) is 30.4 Å². The fourth-order valence-corrected chi connectivity index (χ4v) is 7.17. The van der Waals surface area contributed by atoms with E-state index in [1.807, 2.05) is 32.0 Å². The first-order valence-corrected chi connectivity index (χ1v) is 11.9. The van der Waals surface area contributed by atoms with Gasteiger partial charge in [-0.05, 0) is 80.8 Å². The predicted molar refractivity (Wildman–Crippen MR) is 117 cm³/mol. The molecule has 6 atom stereocenters. The van der Waals surface area contributed by atoms with Crippen LogP contribution in [-0.4, -0.2) is 28.7 Å². The molecule has 4 fully saturated rings. The van der Waals surface area contributed by atoms with Crippen molar-refractivity contribution in [2.24, 2.45) is 41.4 Å². The van der Waals surface area contributed by atoms with Crippen LogP contribution in [0.2, 0.25) is 0 Å². The number of anilines is 1. The van der Waals surface area contributed by atoms with Crippen molar-refractivity contribution in [3.8, 4) is 0 Å². The number of nitrogens with one attached hydrogen (secondary N) is 1. The van der Waals surface area contributed by atoms with E-state index in [9.17, 15) is 14.4 Å². The molecule has 2 bridgehead atoms. The molecule has 5 heteroatoms. The number of rotatable bonds is 3. The van der Waals surface area contributed by atoms with Gasteiger partial charge in [-0.3, -0.25) is 19.3 Å². The Labute approximate surface area is 183 Å². The molecule has 1 aromatic carbocycles. The smallest absolute Gasteiger partial charge is 0.233 e. The first-order valence-electron chi connectivity index (χ1n) is 11.9. The van der Waals surface area contributed by atoms with Crippen molar-refractivity contribution in [3.05, 3.63) is 41.5 Å². The van der Waals surface area contributed by atoms with E-state index < -0.39 is 0 Å². The van der Waals surface area contributed by atoms with Gasteiger partial charge in [0.15, 0.2) is 0 Å². The summed E-state index contributed by atoms with van der Waals surface area (Å²) in [5, 5.41) is 3.13. The molecule has 1 aliphatic heterocycles. The van der Waals surface area contributed by atoms with Crippen LogP contribution in [0.1, 0.15) is 43.2 Å². The van der Waals surface area contributed by atoms with Gasteiger partial charge in [0.25, 0.3) is 0 Å². The predicted octanol–water partition coefficient (Wildman–Crippen LogP) is 3.85. The van der Waals surface area contributed by atoms with Gasteiger partial charge in [-0.15, -0.1) is 0 Å². The topological polar surface area (TPSA) is 66.5 Å². The van der Waals surface area contributed by atoms with Gasteiger partial charge in [-0.2, -0.15) is 0 Å². The molecule has 0 spiro atoms. The normalized spacial score (nSPS) is 40.0. The summed E-state index contributed by atoms with van der Waals surface area (Å²) in [6, 6.07) is 5.98. The minimum absolute atomic E-state index is 0.0365. The highest BCUT2D eigenvalue weighted by Gasteiger charge is 2.67. The molecule has 5 aliphatic carbocycles. The Bertz CT molecular complexity index is 950. The molecule has 1 N–H and O–H groups in total. The van der Waals surface area contributed by atoms with Gasteiger partial charge >= 0.3 is 0 Å². The van der Waals surface area contributed by atoms with Crippen LogP contribution in [0.4, 0.5) is 5.69 Å².